The fourth-order valence-electron chi connectivity index (χ4n) is 8.45. The summed E-state index contributed by atoms with van der Waals surface area (Å²) in [7, 11) is 1.86. The molecule has 0 aromatic heterocycles. The minimum Gasteiger partial charge on any atom is -0.353 e. The van der Waals surface area contributed by atoms with Crippen LogP contribution in [0.4, 0.5) is 0 Å². The smallest absolute Gasteiger partial charge is 0.168 e. The molecule has 0 saturated heterocycles. The van der Waals surface area contributed by atoms with E-state index in [0.29, 0.717) is 29.1 Å². The summed E-state index contributed by atoms with van der Waals surface area (Å²) in [4.78, 5) is 12.0. The molecule has 3 heteroatoms. The maximum absolute atomic E-state index is 12.0. The lowest BCUT2D eigenvalue weighted by atomic mass is 9.49. The van der Waals surface area contributed by atoms with Crippen molar-refractivity contribution < 1.29 is 14.3 Å². The zero-order chi connectivity index (χ0) is 20.2. The van der Waals surface area contributed by atoms with Crippen LogP contribution in [0.2, 0.25) is 0 Å². The third-order valence-electron chi connectivity index (χ3n) is 9.90. The molecule has 29 heavy (non-hydrogen) atoms. The molecule has 4 fully saturated rings. The summed E-state index contributed by atoms with van der Waals surface area (Å²) in [5.74, 6) is 3.80. The van der Waals surface area contributed by atoms with Crippen molar-refractivity contribution >= 4 is 5.78 Å². The van der Waals surface area contributed by atoms with Gasteiger partial charge in [0.25, 0.3) is 0 Å². The van der Waals surface area contributed by atoms with Crippen LogP contribution in [0.1, 0.15) is 90.9 Å². The lowest BCUT2D eigenvalue weighted by Crippen LogP contribution is -2.52. The maximum atomic E-state index is 12.0. The number of rotatable bonds is 3. The predicted molar refractivity (Wildman–Crippen MR) is 114 cm³/mol. The number of ether oxygens (including phenoxy) is 2. The largest absolute Gasteiger partial charge is 0.353 e. The van der Waals surface area contributed by atoms with Gasteiger partial charge in [0.15, 0.2) is 11.6 Å². The molecule has 4 saturated carbocycles. The van der Waals surface area contributed by atoms with Crippen molar-refractivity contribution in [1.29, 1.82) is 0 Å². The molecule has 0 spiro atoms. The van der Waals surface area contributed by atoms with Crippen molar-refractivity contribution in [3.63, 3.8) is 0 Å². The Balaban J connectivity index is 1.38. The second-order valence-corrected chi connectivity index (χ2v) is 11.3. The number of fused-ring (bicyclic) bond motifs is 5. The van der Waals surface area contributed by atoms with Crippen LogP contribution in [0.3, 0.4) is 0 Å². The Morgan fingerprint density at radius 2 is 1.83 bits per heavy atom. The Morgan fingerprint density at radius 1 is 1.03 bits per heavy atom. The fourth-order valence-corrected chi connectivity index (χ4v) is 8.45. The third kappa shape index (κ3) is 3.26. The second-order valence-electron chi connectivity index (χ2n) is 11.3. The molecular weight excluding hydrogens is 360 g/mol. The van der Waals surface area contributed by atoms with Crippen LogP contribution in [-0.4, -0.2) is 24.8 Å². The van der Waals surface area contributed by atoms with E-state index in [1.54, 1.807) is 0 Å². The van der Waals surface area contributed by atoms with Crippen molar-refractivity contribution in [3.05, 3.63) is 11.6 Å². The van der Waals surface area contributed by atoms with Gasteiger partial charge in [0.2, 0.25) is 0 Å². The van der Waals surface area contributed by atoms with Crippen LogP contribution >= 0.6 is 0 Å². The van der Waals surface area contributed by atoms with Gasteiger partial charge in [-0.2, -0.15) is 0 Å². The van der Waals surface area contributed by atoms with Crippen LogP contribution in [0.15, 0.2) is 11.6 Å². The molecule has 0 aliphatic heterocycles. The minimum absolute atomic E-state index is 0.296. The number of carbonyl (C=O) groups excluding carboxylic acids is 1. The van der Waals surface area contributed by atoms with E-state index in [1.807, 2.05) is 13.2 Å². The Morgan fingerprint density at radius 3 is 2.59 bits per heavy atom. The van der Waals surface area contributed by atoms with Gasteiger partial charge in [0.1, 0.15) is 0 Å². The van der Waals surface area contributed by atoms with Gasteiger partial charge >= 0.3 is 0 Å². The van der Waals surface area contributed by atoms with E-state index in [-0.39, 0.29) is 5.79 Å². The van der Waals surface area contributed by atoms with E-state index in [9.17, 15) is 4.79 Å². The number of hydrogen-bond acceptors (Lipinski definition) is 3. The van der Waals surface area contributed by atoms with Crippen molar-refractivity contribution in [2.75, 3.05) is 7.11 Å². The standard InChI is InChI=1S/C26H40O3/c1-17-15-18-16-19(27)7-8-20(18)21-11-14-25(2)22(24(17)21)9-10-23(25)29-26(28-3)12-5-4-6-13-26/h16-17,20-24H,4-15H2,1-3H3/t17-,20+,21-,22+,23+,24-,25+/m1/s1. The van der Waals surface area contributed by atoms with Gasteiger partial charge in [0.05, 0.1) is 6.10 Å². The SMILES string of the molecule is COC1(O[C@H]2CC[C@H]3[C@H]4[C@H](CC[C@]23C)[C@H]2CCC(=O)C=C2C[C@H]4C)CCCCC1. The van der Waals surface area contributed by atoms with Crippen LogP contribution in [0.25, 0.3) is 0 Å². The highest BCUT2D eigenvalue weighted by Crippen LogP contribution is 2.64. The fraction of sp³-hybridized carbons (Fsp3) is 0.885. The van der Waals surface area contributed by atoms with Crippen molar-refractivity contribution in [3.8, 4) is 0 Å². The zero-order valence-electron chi connectivity index (χ0n) is 18.8. The topological polar surface area (TPSA) is 35.5 Å². The first-order chi connectivity index (χ1) is 14.0. The van der Waals surface area contributed by atoms with E-state index >= 15 is 0 Å². The number of methoxy groups -OCH3 is 1. The summed E-state index contributed by atoms with van der Waals surface area (Å²) >= 11 is 0. The molecule has 3 nitrogen and oxygen atoms in total. The molecule has 162 valence electrons. The molecule has 5 rings (SSSR count). The molecule has 0 aromatic carbocycles. The van der Waals surface area contributed by atoms with Crippen LogP contribution < -0.4 is 0 Å². The van der Waals surface area contributed by atoms with Crippen molar-refractivity contribution in [2.45, 2.75) is 103 Å². The van der Waals surface area contributed by atoms with Crippen LogP contribution in [0, 0.1) is 35.0 Å². The zero-order valence-corrected chi connectivity index (χ0v) is 18.8. The monoisotopic (exact) mass is 400 g/mol. The molecule has 7 atom stereocenters. The number of hydrogen-bond donors (Lipinski definition) is 0. The molecule has 0 N–H and O–H groups in total. The van der Waals surface area contributed by atoms with E-state index in [2.05, 4.69) is 13.8 Å². The van der Waals surface area contributed by atoms with E-state index in [0.717, 1.165) is 49.9 Å². The Hall–Kier alpha value is -0.670. The highest BCUT2D eigenvalue weighted by molar-refractivity contribution is 5.91. The molecule has 5 aliphatic carbocycles. The average Bonchev–Trinajstić information content (AvgIpc) is 3.04. The summed E-state index contributed by atoms with van der Waals surface area (Å²) in [5, 5.41) is 0. The highest BCUT2D eigenvalue weighted by atomic mass is 16.7. The van der Waals surface area contributed by atoms with Crippen LogP contribution in [0.5, 0.6) is 0 Å². The summed E-state index contributed by atoms with van der Waals surface area (Å²) in [5.41, 5.74) is 1.79. The summed E-state index contributed by atoms with van der Waals surface area (Å²) in [6.07, 6.45) is 16.4. The van der Waals surface area contributed by atoms with Crippen molar-refractivity contribution in [1.82, 2.24) is 0 Å². The first-order valence-corrected chi connectivity index (χ1v) is 12.4. The number of allylic oxidation sites excluding steroid dienone is 1. The first kappa shape index (κ1) is 20.2. The van der Waals surface area contributed by atoms with Gasteiger partial charge in [0, 0.05) is 26.4 Å². The molecule has 5 aliphatic rings. The minimum atomic E-state index is -0.324. The highest BCUT2D eigenvalue weighted by Gasteiger charge is 2.59. The molecule has 0 aromatic rings. The number of carbonyl (C=O) groups is 1. The molecule has 0 amide bonds. The average molecular weight is 401 g/mol. The van der Waals surface area contributed by atoms with Gasteiger partial charge in [-0.1, -0.05) is 25.8 Å². The summed E-state index contributed by atoms with van der Waals surface area (Å²) in [6.45, 7) is 5.01. The molecular formula is C26H40O3. The molecule has 0 heterocycles. The third-order valence-corrected chi connectivity index (χ3v) is 9.90. The Labute approximate surface area is 177 Å². The molecule has 0 bridgehead atoms. The van der Waals surface area contributed by atoms with Gasteiger partial charge in [-0.15, -0.1) is 0 Å². The lowest BCUT2D eigenvalue weighted by Gasteiger charge is -2.56. The van der Waals surface area contributed by atoms with Crippen LogP contribution in [-0.2, 0) is 14.3 Å². The predicted octanol–water partition coefficient (Wildman–Crippen LogP) is 6.07. The second kappa shape index (κ2) is 7.48. The van der Waals surface area contributed by atoms with E-state index < -0.39 is 0 Å². The van der Waals surface area contributed by atoms with E-state index in [4.69, 9.17) is 9.47 Å². The Kier molecular flexibility index (Phi) is 5.22. The quantitative estimate of drug-likeness (QED) is 0.540. The van der Waals surface area contributed by atoms with Gasteiger partial charge in [-0.05, 0) is 92.4 Å². The molecule has 0 unspecified atom stereocenters. The maximum Gasteiger partial charge on any atom is 0.168 e. The van der Waals surface area contributed by atoms with Gasteiger partial charge in [-0.25, -0.2) is 0 Å². The molecule has 0 radical (unpaired) electrons. The Bertz CT molecular complexity index is 675. The lowest BCUT2D eigenvalue weighted by molar-refractivity contribution is -0.279. The van der Waals surface area contributed by atoms with Gasteiger partial charge < -0.3 is 9.47 Å². The summed E-state index contributed by atoms with van der Waals surface area (Å²) in [6, 6.07) is 0. The number of ketones is 1. The van der Waals surface area contributed by atoms with Gasteiger partial charge in [-0.3, -0.25) is 4.79 Å². The van der Waals surface area contributed by atoms with Crippen molar-refractivity contribution in [2.24, 2.45) is 35.0 Å². The first-order valence-electron chi connectivity index (χ1n) is 12.4. The van der Waals surface area contributed by atoms with E-state index in [1.165, 1.54) is 50.5 Å². The summed E-state index contributed by atoms with van der Waals surface area (Å²) < 4.78 is 12.9. The normalized spacial score (nSPS) is 46.4.